The number of alkyl halides is 2. The van der Waals surface area contributed by atoms with Gasteiger partial charge in [-0.05, 0) is 44.7 Å². The van der Waals surface area contributed by atoms with Crippen LogP contribution in [0.25, 0.3) is 27.6 Å². The van der Waals surface area contributed by atoms with Gasteiger partial charge < -0.3 is 14.8 Å². The quantitative estimate of drug-likeness (QED) is 0.360. The van der Waals surface area contributed by atoms with E-state index in [4.69, 9.17) is 9.40 Å². The topological polar surface area (TPSA) is 84.1 Å². The van der Waals surface area contributed by atoms with Crippen molar-refractivity contribution in [1.82, 2.24) is 15.0 Å². The monoisotopic (exact) mass is 468 g/mol. The minimum atomic E-state index is -2.91. The number of hydrogen-bond acceptors (Lipinski definition) is 6. The lowest BCUT2D eigenvalue weighted by Crippen LogP contribution is -2.13. The van der Waals surface area contributed by atoms with Crippen LogP contribution >= 0.6 is 0 Å². The van der Waals surface area contributed by atoms with Crippen molar-refractivity contribution in [2.24, 2.45) is 0 Å². The number of nitrogens with one attached hydrogen (secondary N) is 1. The summed E-state index contributed by atoms with van der Waals surface area (Å²) in [5.74, 6) is -0.0944. The first-order chi connectivity index (χ1) is 16.3. The Morgan fingerprint density at radius 2 is 1.91 bits per heavy atom. The molecular weight excluding hydrogens is 445 g/mol. The fraction of sp³-hybridized carbons (Fsp3) is 0.320. The van der Waals surface area contributed by atoms with E-state index in [-0.39, 0.29) is 11.7 Å². The Bertz CT molecular complexity index is 1420. The number of nitrogens with zero attached hydrogens (tertiary/aromatic N) is 3. The molecule has 3 aromatic heterocycles. The van der Waals surface area contributed by atoms with Crippen LogP contribution in [0.5, 0.6) is 0 Å². The van der Waals surface area contributed by atoms with Crippen LogP contribution in [0, 0.1) is 12.7 Å². The maximum atomic E-state index is 14.8. The minimum absolute atomic E-state index is 0.107. The summed E-state index contributed by atoms with van der Waals surface area (Å²) in [7, 11) is 0. The predicted octanol–water partition coefficient (Wildman–Crippen LogP) is 6.26. The summed E-state index contributed by atoms with van der Waals surface area (Å²) in [6.07, 6.45) is 2.05. The lowest BCUT2D eigenvalue weighted by Gasteiger charge is -2.20. The number of aryl methyl sites for hydroxylation is 1. The number of rotatable bonds is 5. The fourth-order valence-electron chi connectivity index (χ4n) is 4.41. The minimum Gasteiger partial charge on any atom is -0.462 e. The standard InChI is InChI=1S/C25H23F3N4O2/c1-12(16-4-3-5-17(19(16)26)24(27)28)29-25-22-21(30-13(2)31-25)18-10-11-34-23(18)20(32-22)14-6-8-15(33)9-7-14/h3-6,10-12,15,24,33H,7-9H2,1-2H3,(H,29,30,31)/t12-,15?/m1/s1. The van der Waals surface area contributed by atoms with Gasteiger partial charge in [-0.15, -0.1) is 0 Å². The molecule has 6 nitrogen and oxygen atoms in total. The summed E-state index contributed by atoms with van der Waals surface area (Å²) in [4.78, 5) is 13.9. The molecule has 2 N–H and O–H groups in total. The van der Waals surface area contributed by atoms with Crippen molar-refractivity contribution >= 4 is 33.4 Å². The average Bonchev–Trinajstić information content (AvgIpc) is 3.29. The Hall–Kier alpha value is -3.46. The first-order valence-electron chi connectivity index (χ1n) is 11.1. The van der Waals surface area contributed by atoms with Crippen LogP contribution in [0.1, 0.15) is 61.3 Å². The van der Waals surface area contributed by atoms with Crippen molar-refractivity contribution in [3.05, 3.63) is 65.1 Å². The Balaban J connectivity index is 1.63. The van der Waals surface area contributed by atoms with Crippen LogP contribution in [-0.2, 0) is 0 Å². The molecule has 0 radical (unpaired) electrons. The van der Waals surface area contributed by atoms with E-state index in [1.165, 1.54) is 12.1 Å². The molecule has 0 aliphatic heterocycles. The highest BCUT2D eigenvalue weighted by molar-refractivity contribution is 6.07. The molecule has 1 aliphatic rings. The highest BCUT2D eigenvalue weighted by Crippen LogP contribution is 2.37. The Labute approximate surface area is 193 Å². The Morgan fingerprint density at radius 3 is 2.65 bits per heavy atom. The second kappa shape index (κ2) is 8.72. The highest BCUT2D eigenvalue weighted by Gasteiger charge is 2.24. The van der Waals surface area contributed by atoms with Crippen LogP contribution in [0.4, 0.5) is 19.0 Å². The zero-order valence-corrected chi connectivity index (χ0v) is 18.6. The van der Waals surface area contributed by atoms with Gasteiger partial charge in [0.2, 0.25) is 0 Å². The van der Waals surface area contributed by atoms with Crippen molar-refractivity contribution < 1.29 is 22.7 Å². The number of pyridine rings is 1. The Kier molecular flexibility index (Phi) is 5.73. The summed E-state index contributed by atoms with van der Waals surface area (Å²) in [5, 5.41) is 13.8. The SMILES string of the molecule is Cc1nc(N[C@H](C)c2cccc(C(F)F)c2F)c2nc(C3=CCC(O)CC3)c3occc3c2n1. The molecule has 2 atom stereocenters. The van der Waals surface area contributed by atoms with Crippen molar-refractivity contribution in [3.63, 3.8) is 0 Å². The first kappa shape index (κ1) is 22.3. The van der Waals surface area contributed by atoms with Crippen molar-refractivity contribution in [1.29, 1.82) is 0 Å². The molecule has 1 unspecified atom stereocenters. The number of benzene rings is 1. The number of aromatic nitrogens is 3. The number of aliphatic hydroxyl groups excluding tert-OH is 1. The van der Waals surface area contributed by atoms with Gasteiger partial charge in [-0.2, -0.15) is 0 Å². The van der Waals surface area contributed by atoms with Crippen LogP contribution < -0.4 is 5.32 Å². The zero-order chi connectivity index (χ0) is 24.0. The molecule has 0 fully saturated rings. The third-order valence-electron chi connectivity index (χ3n) is 6.16. The van der Waals surface area contributed by atoms with E-state index in [9.17, 15) is 18.3 Å². The fourth-order valence-corrected chi connectivity index (χ4v) is 4.41. The van der Waals surface area contributed by atoms with Crippen molar-refractivity contribution in [2.75, 3.05) is 5.32 Å². The van der Waals surface area contributed by atoms with Gasteiger partial charge in [-0.3, -0.25) is 0 Å². The number of allylic oxidation sites excluding steroid dienone is 1. The second-order valence-electron chi connectivity index (χ2n) is 8.52. The van der Waals surface area contributed by atoms with E-state index in [1.54, 1.807) is 20.1 Å². The number of hydrogen-bond donors (Lipinski definition) is 2. The number of furan rings is 1. The number of anilines is 1. The summed E-state index contributed by atoms with van der Waals surface area (Å²) in [5.41, 5.74) is 2.73. The molecule has 3 heterocycles. The molecule has 0 saturated carbocycles. The summed E-state index contributed by atoms with van der Waals surface area (Å²) in [6, 6.07) is 5.12. The first-order valence-corrected chi connectivity index (χ1v) is 11.1. The third kappa shape index (κ3) is 3.90. The predicted molar refractivity (Wildman–Crippen MR) is 123 cm³/mol. The molecule has 1 aliphatic carbocycles. The average molecular weight is 468 g/mol. The molecule has 1 aromatic carbocycles. The Morgan fingerprint density at radius 1 is 1.12 bits per heavy atom. The van der Waals surface area contributed by atoms with E-state index in [0.717, 1.165) is 17.0 Å². The normalized spacial score (nSPS) is 17.4. The maximum absolute atomic E-state index is 14.8. The third-order valence-corrected chi connectivity index (χ3v) is 6.16. The van der Waals surface area contributed by atoms with E-state index in [0.29, 0.717) is 53.2 Å². The van der Waals surface area contributed by atoms with Crippen LogP contribution in [-0.4, -0.2) is 26.2 Å². The zero-order valence-electron chi connectivity index (χ0n) is 18.6. The van der Waals surface area contributed by atoms with E-state index in [1.807, 2.05) is 12.1 Å². The molecule has 176 valence electrons. The van der Waals surface area contributed by atoms with Crippen molar-refractivity contribution in [3.8, 4) is 0 Å². The lowest BCUT2D eigenvalue weighted by atomic mass is 9.94. The van der Waals surface area contributed by atoms with Gasteiger partial charge in [0.1, 0.15) is 28.4 Å². The van der Waals surface area contributed by atoms with Gasteiger partial charge in [0.15, 0.2) is 11.4 Å². The number of halogens is 3. The molecule has 5 rings (SSSR count). The molecule has 4 aromatic rings. The van der Waals surface area contributed by atoms with E-state index in [2.05, 4.69) is 15.3 Å². The van der Waals surface area contributed by atoms with Gasteiger partial charge in [-0.25, -0.2) is 28.1 Å². The maximum Gasteiger partial charge on any atom is 0.266 e. The summed E-state index contributed by atoms with van der Waals surface area (Å²) < 4.78 is 46.9. The lowest BCUT2D eigenvalue weighted by molar-refractivity contribution is 0.146. The number of fused-ring (bicyclic) bond motifs is 3. The van der Waals surface area contributed by atoms with Crippen molar-refractivity contribution in [2.45, 2.75) is 51.7 Å². The van der Waals surface area contributed by atoms with Crippen LogP contribution in [0.3, 0.4) is 0 Å². The van der Waals surface area contributed by atoms with Gasteiger partial charge >= 0.3 is 0 Å². The number of aliphatic hydroxyl groups is 1. The van der Waals surface area contributed by atoms with Crippen LogP contribution in [0.2, 0.25) is 0 Å². The second-order valence-corrected chi connectivity index (χ2v) is 8.52. The van der Waals surface area contributed by atoms with Gasteiger partial charge in [0, 0.05) is 5.56 Å². The molecule has 0 amide bonds. The van der Waals surface area contributed by atoms with E-state index < -0.39 is 23.8 Å². The highest BCUT2D eigenvalue weighted by atomic mass is 19.3. The molecule has 9 heteroatoms. The summed E-state index contributed by atoms with van der Waals surface area (Å²) >= 11 is 0. The molecule has 0 saturated heterocycles. The van der Waals surface area contributed by atoms with E-state index >= 15 is 0 Å². The van der Waals surface area contributed by atoms with Crippen LogP contribution in [0.15, 0.2) is 41.0 Å². The molecule has 34 heavy (non-hydrogen) atoms. The van der Waals surface area contributed by atoms with Gasteiger partial charge in [0.05, 0.1) is 29.4 Å². The smallest absolute Gasteiger partial charge is 0.266 e. The van der Waals surface area contributed by atoms with Gasteiger partial charge in [0.25, 0.3) is 6.43 Å². The summed E-state index contributed by atoms with van der Waals surface area (Å²) in [6.45, 7) is 3.41. The molecular formula is C25H23F3N4O2. The molecule has 0 bridgehead atoms. The molecule has 0 spiro atoms. The van der Waals surface area contributed by atoms with Gasteiger partial charge in [-0.1, -0.05) is 24.3 Å². The largest absolute Gasteiger partial charge is 0.462 e.